The number of anilines is 1. The van der Waals surface area contributed by atoms with Crippen LogP contribution in [0.4, 0.5) is 5.69 Å². The molecule has 0 saturated heterocycles. The summed E-state index contributed by atoms with van der Waals surface area (Å²) in [5, 5.41) is 33.8. The number of carbonyl (C=O) groups is 3. The Morgan fingerprint density at radius 3 is 2.12 bits per heavy atom. The molecule has 170 valence electrons. The molecule has 0 aliphatic heterocycles. The number of phenols is 1. The molecule has 0 saturated carbocycles. The zero-order chi connectivity index (χ0) is 24.4. The largest absolute Gasteiger partial charge is 0.506 e. The number of fused-ring (bicyclic) bond motifs is 1. The molecule has 4 rings (SSSR count). The van der Waals surface area contributed by atoms with Crippen molar-refractivity contribution in [1.82, 2.24) is 4.98 Å². The number of amides is 1. The van der Waals surface area contributed by atoms with Gasteiger partial charge in [0.25, 0.3) is 5.91 Å². The summed E-state index contributed by atoms with van der Waals surface area (Å²) >= 11 is 1.33. The summed E-state index contributed by atoms with van der Waals surface area (Å²) in [7, 11) is 0. The number of phenolic OH excluding ortho intramolecular Hbond substituents is 1. The number of pyridine rings is 1. The molecule has 1 heterocycles. The Morgan fingerprint density at radius 1 is 0.853 bits per heavy atom. The number of benzene rings is 3. The summed E-state index contributed by atoms with van der Waals surface area (Å²) in [5.74, 6) is -3.64. The number of aryl methyl sites for hydroxylation is 1. The summed E-state index contributed by atoms with van der Waals surface area (Å²) in [6, 6.07) is 17.5. The van der Waals surface area contributed by atoms with Gasteiger partial charge in [0.1, 0.15) is 10.8 Å². The number of hydrogen-bond donors (Lipinski definition) is 4. The first kappa shape index (κ1) is 22.8. The maximum atomic E-state index is 13.1. The number of nitrogens with zero attached hydrogens (tertiary/aromatic N) is 1. The first-order chi connectivity index (χ1) is 16.2. The van der Waals surface area contributed by atoms with Gasteiger partial charge in [0.15, 0.2) is 0 Å². The number of carbonyl (C=O) groups excluding carboxylic acids is 1. The fraction of sp³-hybridized carbons (Fsp3) is 0.0400. The highest BCUT2D eigenvalue weighted by atomic mass is 32.2. The predicted molar refractivity (Wildman–Crippen MR) is 127 cm³/mol. The van der Waals surface area contributed by atoms with Crippen molar-refractivity contribution in [3.63, 3.8) is 0 Å². The average molecular weight is 474 g/mol. The molecule has 4 aromatic rings. The minimum absolute atomic E-state index is 0.0237. The summed E-state index contributed by atoms with van der Waals surface area (Å²) in [6.07, 6.45) is 0. The standard InChI is InChI=1S/C25H18N2O6S/c1-13-5-4-8-21(26-13)34-20-12-19(22(28)18-7-3-2-6-17(18)20)23(29)27-16-10-14(24(30)31)9-15(11-16)25(32)33/h2-12,28H,1H3,(H,27,29)(H,30,31)(H,32,33). The number of rotatable bonds is 6. The molecule has 0 bridgehead atoms. The molecule has 0 atom stereocenters. The first-order valence-electron chi connectivity index (χ1n) is 10.0. The molecular formula is C25H18N2O6S. The molecule has 1 aromatic heterocycles. The van der Waals surface area contributed by atoms with Gasteiger partial charge in [-0.15, -0.1) is 0 Å². The van der Waals surface area contributed by atoms with E-state index in [0.29, 0.717) is 15.3 Å². The zero-order valence-corrected chi connectivity index (χ0v) is 18.6. The average Bonchev–Trinajstić information content (AvgIpc) is 2.80. The molecule has 0 radical (unpaired) electrons. The molecule has 34 heavy (non-hydrogen) atoms. The van der Waals surface area contributed by atoms with Gasteiger partial charge in [-0.2, -0.15) is 0 Å². The third-order valence-corrected chi connectivity index (χ3v) is 5.98. The van der Waals surface area contributed by atoms with Gasteiger partial charge < -0.3 is 20.6 Å². The number of aromatic hydroxyl groups is 1. The lowest BCUT2D eigenvalue weighted by Crippen LogP contribution is -2.14. The van der Waals surface area contributed by atoms with Crippen LogP contribution in [0.3, 0.4) is 0 Å². The van der Waals surface area contributed by atoms with Crippen molar-refractivity contribution in [3.05, 3.63) is 89.1 Å². The van der Waals surface area contributed by atoms with E-state index >= 15 is 0 Å². The highest BCUT2D eigenvalue weighted by Crippen LogP contribution is 2.39. The van der Waals surface area contributed by atoms with Gasteiger partial charge in [0.05, 0.1) is 16.7 Å². The van der Waals surface area contributed by atoms with Gasteiger partial charge in [0.2, 0.25) is 0 Å². The number of aromatic nitrogens is 1. The lowest BCUT2D eigenvalue weighted by molar-refractivity contribution is 0.0696. The van der Waals surface area contributed by atoms with E-state index in [1.54, 1.807) is 12.1 Å². The van der Waals surface area contributed by atoms with Gasteiger partial charge in [-0.3, -0.25) is 4.79 Å². The molecule has 0 aliphatic rings. The summed E-state index contributed by atoms with van der Waals surface area (Å²) in [6.45, 7) is 1.87. The number of aromatic carboxylic acids is 2. The Morgan fingerprint density at radius 2 is 1.50 bits per heavy atom. The smallest absolute Gasteiger partial charge is 0.335 e. The molecule has 0 spiro atoms. The molecule has 0 aliphatic carbocycles. The van der Waals surface area contributed by atoms with E-state index < -0.39 is 17.8 Å². The van der Waals surface area contributed by atoms with E-state index in [1.165, 1.54) is 17.8 Å². The number of carboxylic acids is 2. The second-order valence-electron chi connectivity index (χ2n) is 7.40. The van der Waals surface area contributed by atoms with E-state index in [1.807, 2.05) is 37.3 Å². The van der Waals surface area contributed by atoms with Crippen LogP contribution in [0.1, 0.15) is 36.8 Å². The van der Waals surface area contributed by atoms with Gasteiger partial charge in [-0.05, 0) is 48.7 Å². The van der Waals surface area contributed by atoms with Crippen molar-refractivity contribution in [2.75, 3.05) is 5.32 Å². The SMILES string of the molecule is Cc1cccc(Sc2cc(C(=O)Nc3cc(C(=O)O)cc(C(=O)O)c3)c(O)c3ccccc23)n1. The van der Waals surface area contributed by atoms with E-state index in [-0.39, 0.29) is 28.1 Å². The number of carboxylic acid groups (broad SMARTS) is 2. The fourth-order valence-corrected chi connectivity index (χ4v) is 4.44. The van der Waals surface area contributed by atoms with Crippen LogP contribution in [-0.4, -0.2) is 38.1 Å². The Labute approximate surface area is 197 Å². The monoisotopic (exact) mass is 474 g/mol. The van der Waals surface area contributed by atoms with E-state index in [4.69, 9.17) is 0 Å². The van der Waals surface area contributed by atoms with Crippen LogP contribution in [-0.2, 0) is 0 Å². The van der Waals surface area contributed by atoms with Crippen molar-refractivity contribution >= 4 is 46.1 Å². The highest BCUT2D eigenvalue weighted by molar-refractivity contribution is 7.99. The third-order valence-electron chi connectivity index (χ3n) is 4.98. The van der Waals surface area contributed by atoms with Crippen molar-refractivity contribution in [3.8, 4) is 5.75 Å². The van der Waals surface area contributed by atoms with Crippen molar-refractivity contribution in [2.45, 2.75) is 16.8 Å². The first-order valence-corrected chi connectivity index (χ1v) is 10.8. The Hall–Kier alpha value is -4.37. The molecule has 0 fully saturated rings. The molecule has 0 unspecified atom stereocenters. The molecule has 9 heteroatoms. The molecule has 8 nitrogen and oxygen atoms in total. The highest BCUT2D eigenvalue weighted by Gasteiger charge is 2.20. The molecule has 4 N–H and O–H groups in total. The maximum absolute atomic E-state index is 13.1. The summed E-state index contributed by atoms with van der Waals surface area (Å²) < 4.78 is 0. The van der Waals surface area contributed by atoms with Crippen LogP contribution in [0, 0.1) is 6.92 Å². The van der Waals surface area contributed by atoms with Crippen LogP contribution < -0.4 is 5.32 Å². The van der Waals surface area contributed by atoms with Crippen molar-refractivity contribution < 1.29 is 29.7 Å². The van der Waals surface area contributed by atoms with Crippen LogP contribution >= 0.6 is 11.8 Å². The fourth-order valence-electron chi connectivity index (χ4n) is 3.42. The lowest BCUT2D eigenvalue weighted by atomic mass is 10.0. The number of hydrogen-bond acceptors (Lipinski definition) is 6. The normalized spacial score (nSPS) is 10.7. The lowest BCUT2D eigenvalue weighted by Gasteiger charge is -2.14. The molecular weight excluding hydrogens is 456 g/mol. The third kappa shape index (κ3) is 4.69. The molecule has 3 aromatic carbocycles. The van der Waals surface area contributed by atoms with Gasteiger partial charge in [-0.25, -0.2) is 14.6 Å². The summed E-state index contributed by atoms with van der Waals surface area (Å²) in [4.78, 5) is 41.0. The zero-order valence-electron chi connectivity index (χ0n) is 17.8. The topological polar surface area (TPSA) is 137 Å². The van der Waals surface area contributed by atoms with E-state index in [0.717, 1.165) is 29.3 Å². The predicted octanol–water partition coefficient (Wildman–Crippen LogP) is 5.05. The van der Waals surface area contributed by atoms with Gasteiger partial charge in [-0.1, -0.05) is 42.1 Å². The van der Waals surface area contributed by atoms with Crippen LogP contribution in [0.15, 0.2) is 76.7 Å². The summed E-state index contributed by atoms with van der Waals surface area (Å²) in [5.41, 5.74) is 0.175. The minimum Gasteiger partial charge on any atom is -0.506 e. The number of nitrogens with one attached hydrogen (secondary N) is 1. The molecule has 1 amide bonds. The van der Waals surface area contributed by atoms with Gasteiger partial charge in [0, 0.05) is 21.7 Å². The maximum Gasteiger partial charge on any atom is 0.335 e. The quantitative estimate of drug-likeness (QED) is 0.305. The van der Waals surface area contributed by atoms with Crippen molar-refractivity contribution in [1.29, 1.82) is 0 Å². The van der Waals surface area contributed by atoms with Crippen molar-refractivity contribution in [2.24, 2.45) is 0 Å². The van der Waals surface area contributed by atoms with Crippen LogP contribution in [0.2, 0.25) is 0 Å². The van der Waals surface area contributed by atoms with Gasteiger partial charge >= 0.3 is 11.9 Å². The van der Waals surface area contributed by atoms with Crippen LogP contribution in [0.5, 0.6) is 5.75 Å². The Balaban J connectivity index is 1.77. The van der Waals surface area contributed by atoms with E-state index in [9.17, 15) is 29.7 Å². The Bertz CT molecular complexity index is 1440. The Kier molecular flexibility index (Phi) is 6.20. The second kappa shape index (κ2) is 9.24. The second-order valence-corrected chi connectivity index (χ2v) is 8.46. The van der Waals surface area contributed by atoms with Crippen LogP contribution in [0.25, 0.3) is 10.8 Å². The van der Waals surface area contributed by atoms with E-state index in [2.05, 4.69) is 10.3 Å². The minimum atomic E-state index is -1.34.